The van der Waals surface area contributed by atoms with E-state index < -0.39 is 11.1 Å². The average Bonchev–Trinajstić information content (AvgIpc) is 3.45. The highest BCUT2D eigenvalue weighted by Crippen LogP contribution is 2.34. The van der Waals surface area contributed by atoms with Gasteiger partial charge in [0.25, 0.3) is 11.1 Å². The van der Waals surface area contributed by atoms with E-state index in [-0.39, 0.29) is 12.5 Å². The van der Waals surface area contributed by atoms with E-state index in [1.807, 2.05) is 36.6 Å². The second kappa shape index (κ2) is 8.44. The van der Waals surface area contributed by atoms with Gasteiger partial charge in [-0.2, -0.15) is 5.26 Å². The third-order valence-corrected chi connectivity index (χ3v) is 6.54. The minimum atomic E-state index is -0.425. The van der Waals surface area contributed by atoms with E-state index in [0.717, 1.165) is 52.1 Å². The molecule has 0 N–H and O–H groups in total. The summed E-state index contributed by atoms with van der Waals surface area (Å²) in [7, 11) is 0. The van der Waals surface area contributed by atoms with E-state index in [4.69, 9.17) is 5.26 Å². The van der Waals surface area contributed by atoms with Crippen molar-refractivity contribution in [3.63, 3.8) is 0 Å². The van der Waals surface area contributed by atoms with Gasteiger partial charge in [-0.3, -0.25) is 19.3 Å². The lowest BCUT2D eigenvalue weighted by Gasteiger charge is -2.18. The first kappa shape index (κ1) is 20.9. The number of benzene rings is 1. The smallest absolute Gasteiger partial charge is 0.294 e. The van der Waals surface area contributed by atoms with Crippen LogP contribution in [0, 0.1) is 25.2 Å². The van der Waals surface area contributed by atoms with Crippen LogP contribution in [0.4, 0.5) is 4.79 Å². The lowest BCUT2D eigenvalue weighted by Crippen LogP contribution is -2.40. The van der Waals surface area contributed by atoms with E-state index in [2.05, 4.69) is 6.07 Å². The topological polar surface area (TPSA) is 86.4 Å². The number of amides is 3. The van der Waals surface area contributed by atoms with Crippen LogP contribution in [0.1, 0.15) is 35.4 Å². The van der Waals surface area contributed by atoms with Crippen LogP contribution >= 0.6 is 11.8 Å². The molecule has 2 fully saturated rings. The monoisotopic (exact) mass is 434 g/mol. The Balaban J connectivity index is 1.57. The fourth-order valence-electron chi connectivity index (χ4n) is 4.00. The van der Waals surface area contributed by atoms with Crippen LogP contribution < -0.4 is 0 Å². The molecule has 158 valence electrons. The Morgan fingerprint density at radius 1 is 1.16 bits per heavy atom. The maximum atomic E-state index is 12.8. The van der Waals surface area contributed by atoms with Gasteiger partial charge in [0.05, 0.1) is 16.5 Å². The van der Waals surface area contributed by atoms with Gasteiger partial charge in [0, 0.05) is 30.2 Å². The molecular formula is C23H22N4O3S. The van der Waals surface area contributed by atoms with Gasteiger partial charge < -0.3 is 9.47 Å². The fraction of sp³-hybridized carbons (Fsp3) is 0.304. The molecule has 2 aliphatic rings. The Morgan fingerprint density at radius 3 is 2.48 bits per heavy atom. The number of carbonyl (C=O) groups is 3. The summed E-state index contributed by atoms with van der Waals surface area (Å²) in [6.45, 7) is 5.08. The summed E-state index contributed by atoms with van der Waals surface area (Å²) in [5.41, 5.74) is 4.22. The molecule has 1 aromatic heterocycles. The molecule has 0 radical (unpaired) electrons. The lowest BCUT2D eigenvalue weighted by molar-refractivity contribution is -0.135. The van der Waals surface area contributed by atoms with E-state index in [1.165, 1.54) is 0 Å². The number of hydrogen-bond acceptors (Lipinski definition) is 5. The molecule has 2 aliphatic heterocycles. The molecule has 31 heavy (non-hydrogen) atoms. The van der Waals surface area contributed by atoms with Crippen molar-refractivity contribution >= 4 is 34.9 Å². The number of imide groups is 1. The van der Waals surface area contributed by atoms with E-state index in [1.54, 1.807) is 23.1 Å². The summed E-state index contributed by atoms with van der Waals surface area (Å²) in [6, 6.07) is 11.3. The zero-order valence-corrected chi connectivity index (χ0v) is 18.2. The summed E-state index contributed by atoms with van der Waals surface area (Å²) >= 11 is 0.868. The Bertz CT molecular complexity index is 1130. The van der Waals surface area contributed by atoms with Crippen molar-refractivity contribution < 1.29 is 14.4 Å². The van der Waals surface area contributed by atoms with Crippen molar-refractivity contribution in [2.24, 2.45) is 0 Å². The highest BCUT2D eigenvalue weighted by atomic mass is 32.2. The molecule has 0 aliphatic carbocycles. The number of nitrogens with zero attached hydrogens (tertiary/aromatic N) is 4. The second-order valence-electron chi connectivity index (χ2n) is 7.68. The van der Waals surface area contributed by atoms with Gasteiger partial charge in [-0.05, 0) is 80.4 Å². The molecule has 0 atom stereocenters. The normalized spacial score (nSPS) is 17.6. The third-order valence-electron chi connectivity index (χ3n) is 5.64. The first-order valence-corrected chi connectivity index (χ1v) is 10.9. The molecule has 0 bridgehead atoms. The highest BCUT2D eigenvalue weighted by molar-refractivity contribution is 8.18. The maximum absolute atomic E-state index is 12.8. The third kappa shape index (κ3) is 4.01. The zero-order chi connectivity index (χ0) is 22.1. The molecule has 7 nitrogen and oxygen atoms in total. The molecule has 8 heteroatoms. The minimum Gasteiger partial charge on any atom is -0.341 e. The molecule has 1 aromatic carbocycles. The highest BCUT2D eigenvalue weighted by Gasteiger charge is 2.37. The quantitative estimate of drug-likeness (QED) is 0.686. The molecule has 0 spiro atoms. The standard InChI is InChI=1S/C23H22N4O3S/c1-15-11-18(16(2)27(15)19-7-5-17(13-24)6-8-19)12-20-22(29)26(23(30)31-20)14-21(28)25-9-3-4-10-25/h5-8,11-12H,3-4,9-10,14H2,1-2H3/b20-12+. The minimum absolute atomic E-state index is 0.181. The average molecular weight is 435 g/mol. The van der Waals surface area contributed by atoms with E-state index in [9.17, 15) is 14.4 Å². The van der Waals surface area contributed by atoms with Crippen LogP contribution in [0.5, 0.6) is 0 Å². The molecule has 2 aromatic rings. The second-order valence-corrected chi connectivity index (χ2v) is 8.67. The summed E-state index contributed by atoms with van der Waals surface area (Å²) in [5, 5.41) is 8.59. The predicted octanol–water partition coefficient (Wildman–Crippen LogP) is 3.62. The Kier molecular flexibility index (Phi) is 5.70. The van der Waals surface area contributed by atoms with E-state index in [0.29, 0.717) is 23.6 Å². The van der Waals surface area contributed by atoms with Gasteiger partial charge >= 0.3 is 0 Å². The Morgan fingerprint density at radius 2 is 1.84 bits per heavy atom. The van der Waals surface area contributed by atoms with Crippen molar-refractivity contribution in [2.75, 3.05) is 19.6 Å². The van der Waals surface area contributed by atoms with Crippen LogP contribution in [0.15, 0.2) is 35.2 Å². The van der Waals surface area contributed by atoms with Gasteiger partial charge in [0.2, 0.25) is 5.91 Å². The lowest BCUT2D eigenvalue weighted by atomic mass is 10.2. The summed E-state index contributed by atoms with van der Waals surface area (Å²) in [6.07, 6.45) is 3.64. The van der Waals surface area contributed by atoms with Gasteiger partial charge in [0.15, 0.2) is 0 Å². The predicted molar refractivity (Wildman–Crippen MR) is 118 cm³/mol. The van der Waals surface area contributed by atoms with E-state index >= 15 is 0 Å². The van der Waals surface area contributed by atoms with Crippen LogP contribution in [0.25, 0.3) is 11.8 Å². The molecule has 0 unspecified atom stereocenters. The Labute approximate surface area is 184 Å². The van der Waals surface area contributed by atoms with Gasteiger partial charge in [-0.15, -0.1) is 0 Å². The van der Waals surface area contributed by atoms with Crippen LogP contribution in [0.2, 0.25) is 0 Å². The number of thioether (sulfide) groups is 1. The molecule has 3 heterocycles. The van der Waals surface area contributed by atoms with Crippen LogP contribution in [-0.2, 0) is 9.59 Å². The van der Waals surface area contributed by atoms with Crippen molar-refractivity contribution in [3.8, 4) is 11.8 Å². The summed E-state index contributed by atoms with van der Waals surface area (Å²) in [4.78, 5) is 40.7. The number of aryl methyl sites for hydroxylation is 1. The molecule has 3 amide bonds. The first-order chi connectivity index (χ1) is 14.9. The maximum Gasteiger partial charge on any atom is 0.294 e. The molecule has 0 saturated carbocycles. The molecular weight excluding hydrogens is 412 g/mol. The number of carbonyl (C=O) groups excluding carboxylic acids is 3. The van der Waals surface area contributed by atoms with Crippen LogP contribution in [-0.4, -0.2) is 51.1 Å². The van der Waals surface area contributed by atoms with Crippen molar-refractivity contribution in [1.82, 2.24) is 14.4 Å². The van der Waals surface area contributed by atoms with Crippen molar-refractivity contribution in [3.05, 3.63) is 57.8 Å². The number of nitriles is 1. The Hall–Kier alpha value is -3.31. The van der Waals surface area contributed by atoms with Crippen LogP contribution in [0.3, 0.4) is 0 Å². The van der Waals surface area contributed by atoms with Gasteiger partial charge in [0.1, 0.15) is 6.54 Å². The largest absolute Gasteiger partial charge is 0.341 e. The summed E-state index contributed by atoms with van der Waals surface area (Å²) < 4.78 is 2.04. The van der Waals surface area contributed by atoms with Crippen molar-refractivity contribution in [2.45, 2.75) is 26.7 Å². The van der Waals surface area contributed by atoms with Crippen molar-refractivity contribution in [1.29, 1.82) is 5.26 Å². The molecule has 2 saturated heterocycles. The fourth-order valence-corrected chi connectivity index (χ4v) is 4.82. The number of likely N-dealkylation sites (tertiary alicyclic amines) is 1. The van der Waals surface area contributed by atoms with Gasteiger partial charge in [-0.25, -0.2) is 0 Å². The zero-order valence-electron chi connectivity index (χ0n) is 17.4. The number of hydrogen-bond donors (Lipinski definition) is 0. The first-order valence-electron chi connectivity index (χ1n) is 10.1. The SMILES string of the molecule is Cc1cc(/C=C2/SC(=O)N(CC(=O)N3CCCC3)C2=O)c(C)n1-c1ccc(C#N)cc1. The molecule has 4 rings (SSSR count). The summed E-state index contributed by atoms with van der Waals surface area (Å²) in [5.74, 6) is -0.606. The van der Waals surface area contributed by atoms with Gasteiger partial charge in [-0.1, -0.05) is 0 Å². The number of rotatable bonds is 4. The number of aromatic nitrogens is 1.